The van der Waals surface area contributed by atoms with Gasteiger partial charge in [-0.3, -0.25) is 0 Å². The first-order chi connectivity index (χ1) is 10.3. The van der Waals surface area contributed by atoms with E-state index in [0.29, 0.717) is 0 Å². The maximum Gasteiger partial charge on any atom is 0.125 e. The van der Waals surface area contributed by atoms with Crippen LogP contribution < -0.4 is 5.32 Å². The second kappa shape index (κ2) is 7.07. The van der Waals surface area contributed by atoms with Gasteiger partial charge in [-0.05, 0) is 52.2 Å². The summed E-state index contributed by atoms with van der Waals surface area (Å²) < 4.78 is 6.77. The Labute approximate surface area is 136 Å². The molecule has 1 unspecified atom stereocenters. The first kappa shape index (κ1) is 14.6. The Morgan fingerprint density at radius 2 is 1.90 bits per heavy atom. The van der Waals surface area contributed by atoms with Gasteiger partial charge in [0.2, 0.25) is 0 Å². The van der Waals surface area contributed by atoms with E-state index in [1.165, 1.54) is 14.2 Å². The molecule has 108 valence electrons. The fourth-order valence-corrected chi connectivity index (χ4v) is 3.79. The van der Waals surface area contributed by atoms with Gasteiger partial charge < -0.3 is 9.73 Å². The van der Waals surface area contributed by atoms with E-state index in [1.54, 1.807) is 17.6 Å². The number of furan rings is 1. The number of hydrogen-bond donors (Lipinski definition) is 1. The van der Waals surface area contributed by atoms with Gasteiger partial charge in [0.25, 0.3) is 0 Å². The first-order valence-corrected chi connectivity index (χ1v) is 8.50. The summed E-state index contributed by atoms with van der Waals surface area (Å²) in [7, 11) is 0. The average molecular weight is 362 g/mol. The third kappa shape index (κ3) is 3.84. The van der Waals surface area contributed by atoms with Gasteiger partial charge in [-0.25, -0.2) is 0 Å². The Kier molecular flexibility index (Phi) is 4.91. The van der Waals surface area contributed by atoms with Crippen molar-refractivity contribution < 1.29 is 4.42 Å². The van der Waals surface area contributed by atoms with Crippen LogP contribution in [0, 0.1) is 0 Å². The summed E-state index contributed by atoms with van der Waals surface area (Å²) >= 11 is 5.29. The summed E-state index contributed by atoms with van der Waals surface area (Å²) in [5, 5.41) is 3.59. The number of hydrogen-bond acceptors (Lipinski definition) is 3. The van der Waals surface area contributed by atoms with E-state index in [2.05, 4.69) is 57.6 Å². The Hall–Kier alpha value is -1.36. The van der Waals surface area contributed by atoms with E-state index in [-0.39, 0.29) is 6.04 Å². The standard InChI is InChI=1S/C17H16BrNOS/c18-16-9-8-14(21-16)10-11-19-17(15-7-4-12-20-15)13-5-2-1-3-6-13/h1-9,12,17,19H,10-11H2. The van der Waals surface area contributed by atoms with Gasteiger partial charge in [-0.1, -0.05) is 30.3 Å². The normalized spacial score (nSPS) is 12.4. The van der Waals surface area contributed by atoms with E-state index in [9.17, 15) is 0 Å². The van der Waals surface area contributed by atoms with Crippen molar-refractivity contribution in [1.82, 2.24) is 5.32 Å². The van der Waals surface area contributed by atoms with Crippen molar-refractivity contribution in [3.8, 4) is 0 Å². The molecule has 0 aliphatic rings. The van der Waals surface area contributed by atoms with Crippen LogP contribution in [0.1, 0.15) is 22.2 Å². The number of halogens is 1. The highest BCUT2D eigenvalue weighted by atomic mass is 79.9. The highest BCUT2D eigenvalue weighted by Crippen LogP contribution is 2.24. The zero-order valence-corrected chi connectivity index (χ0v) is 13.9. The molecule has 0 spiro atoms. The summed E-state index contributed by atoms with van der Waals surface area (Å²) in [6.45, 7) is 0.910. The molecule has 2 aromatic heterocycles. The molecular weight excluding hydrogens is 346 g/mol. The van der Waals surface area contributed by atoms with E-state index < -0.39 is 0 Å². The molecule has 0 radical (unpaired) electrons. The molecule has 0 aliphatic heterocycles. The van der Waals surface area contributed by atoms with Crippen LogP contribution in [0.25, 0.3) is 0 Å². The predicted octanol–water partition coefficient (Wildman–Crippen LogP) is 5.03. The SMILES string of the molecule is Brc1ccc(CCNC(c2ccccc2)c2ccco2)s1. The van der Waals surface area contributed by atoms with Crippen molar-refractivity contribution in [3.63, 3.8) is 0 Å². The molecule has 0 aliphatic carbocycles. The molecule has 3 rings (SSSR count). The number of rotatable bonds is 6. The van der Waals surface area contributed by atoms with Crippen molar-refractivity contribution in [2.24, 2.45) is 0 Å². The van der Waals surface area contributed by atoms with Gasteiger partial charge in [-0.2, -0.15) is 0 Å². The summed E-state index contributed by atoms with van der Waals surface area (Å²) in [6.07, 6.45) is 2.74. The Bertz CT molecular complexity index is 663. The van der Waals surface area contributed by atoms with Gasteiger partial charge in [0.15, 0.2) is 0 Å². The molecule has 1 aromatic carbocycles. The Balaban J connectivity index is 1.68. The van der Waals surface area contributed by atoms with E-state index in [1.807, 2.05) is 18.2 Å². The molecule has 0 saturated heterocycles. The molecule has 0 fully saturated rings. The predicted molar refractivity (Wildman–Crippen MR) is 90.7 cm³/mol. The van der Waals surface area contributed by atoms with Crippen LogP contribution in [-0.4, -0.2) is 6.54 Å². The summed E-state index contributed by atoms with van der Waals surface area (Å²) in [5.41, 5.74) is 1.22. The van der Waals surface area contributed by atoms with Crippen molar-refractivity contribution in [1.29, 1.82) is 0 Å². The molecule has 0 saturated carbocycles. The fourth-order valence-electron chi connectivity index (χ4n) is 2.31. The molecule has 0 bridgehead atoms. The Morgan fingerprint density at radius 1 is 1.05 bits per heavy atom. The lowest BCUT2D eigenvalue weighted by Crippen LogP contribution is -2.24. The van der Waals surface area contributed by atoms with E-state index in [4.69, 9.17) is 4.42 Å². The molecule has 4 heteroatoms. The molecule has 3 aromatic rings. The second-order valence-electron chi connectivity index (χ2n) is 4.77. The van der Waals surface area contributed by atoms with Crippen molar-refractivity contribution in [2.75, 3.05) is 6.54 Å². The quantitative estimate of drug-likeness (QED) is 0.666. The molecule has 1 N–H and O–H groups in total. The lowest BCUT2D eigenvalue weighted by atomic mass is 10.0. The smallest absolute Gasteiger partial charge is 0.125 e. The first-order valence-electron chi connectivity index (χ1n) is 6.89. The lowest BCUT2D eigenvalue weighted by Gasteiger charge is -2.17. The maximum atomic E-state index is 5.59. The minimum atomic E-state index is 0.101. The van der Waals surface area contributed by atoms with Crippen LogP contribution in [0.5, 0.6) is 0 Å². The average Bonchev–Trinajstić information content (AvgIpc) is 3.16. The van der Waals surface area contributed by atoms with Gasteiger partial charge in [0.1, 0.15) is 5.76 Å². The van der Waals surface area contributed by atoms with Crippen LogP contribution in [0.4, 0.5) is 0 Å². The summed E-state index contributed by atoms with van der Waals surface area (Å²) in [5.74, 6) is 0.952. The lowest BCUT2D eigenvalue weighted by molar-refractivity contribution is 0.448. The van der Waals surface area contributed by atoms with E-state index in [0.717, 1.165) is 18.7 Å². The zero-order chi connectivity index (χ0) is 14.5. The van der Waals surface area contributed by atoms with Crippen LogP contribution >= 0.6 is 27.3 Å². The zero-order valence-electron chi connectivity index (χ0n) is 11.5. The van der Waals surface area contributed by atoms with Crippen molar-refractivity contribution >= 4 is 27.3 Å². The second-order valence-corrected chi connectivity index (χ2v) is 7.32. The van der Waals surface area contributed by atoms with Crippen LogP contribution in [0.2, 0.25) is 0 Å². The highest BCUT2D eigenvalue weighted by Gasteiger charge is 2.15. The van der Waals surface area contributed by atoms with E-state index >= 15 is 0 Å². The van der Waals surface area contributed by atoms with Crippen molar-refractivity contribution in [2.45, 2.75) is 12.5 Å². The highest BCUT2D eigenvalue weighted by molar-refractivity contribution is 9.11. The van der Waals surface area contributed by atoms with Crippen LogP contribution in [-0.2, 0) is 6.42 Å². The molecular formula is C17H16BrNOS. The largest absolute Gasteiger partial charge is 0.467 e. The number of thiophene rings is 1. The molecule has 0 amide bonds. The Morgan fingerprint density at radius 3 is 2.57 bits per heavy atom. The fraction of sp³-hybridized carbons (Fsp3) is 0.176. The molecule has 1 atom stereocenters. The van der Waals surface area contributed by atoms with Gasteiger partial charge in [0.05, 0.1) is 16.1 Å². The van der Waals surface area contributed by atoms with Crippen molar-refractivity contribution in [3.05, 3.63) is 80.8 Å². The van der Waals surface area contributed by atoms with Crippen LogP contribution in [0.15, 0.2) is 69.1 Å². The minimum absolute atomic E-state index is 0.101. The third-order valence-corrected chi connectivity index (χ3v) is 4.99. The number of nitrogens with one attached hydrogen (secondary N) is 1. The molecule has 21 heavy (non-hydrogen) atoms. The molecule has 2 nitrogen and oxygen atoms in total. The molecule has 2 heterocycles. The third-order valence-electron chi connectivity index (χ3n) is 3.31. The number of benzene rings is 1. The van der Waals surface area contributed by atoms with Crippen LogP contribution in [0.3, 0.4) is 0 Å². The maximum absolute atomic E-state index is 5.59. The van der Waals surface area contributed by atoms with Gasteiger partial charge >= 0.3 is 0 Å². The van der Waals surface area contributed by atoms with Gasteiger partial charge in [0, 0.05) is 11.4 Å². The topological polar surface area (TPSA) is 25.2 Å². The minimum Gasteiger partial charge on any atom is -0.467 e. The summed E-state index contributed by atoms with van der Waals surface area (Å²) in [4.78, 5) is 1.38. The van der Waals surface area contributed by atoms with Gasteiger partial charge in [-0.15, -0.1) is 11.3 Å². The monoisotopic (exact) mass is 361 g/mol. The summed E-state index contributed by atoms with van der Waals surface area (Å²) in [6, 6.07) is 18.7.